The van der Waals surface area contributed by atoms with Gasteiger partial charge in [0.25, 0.3) is 0 Å². The van der Waals surface area contributed by atoms with Crippen LogP contribution in [0.4, 0.5) is 0 Å². The number of nitrogens with two attached hydrogens (primary N) is 1. The predicted octanol–water partition coefficient (Wildman–Crippen LogP) is 0.479. The molecule has 0 amide bonds. The molecule has 0 saturated carbocycles. The van der Waals surface area contributed by atoms with Gasteiger partial charge in [0, 0.05) is 0 Å². The van der Waals surface area contributed by atoms with E-state index in [0.717, 1.165) is 0 Å². The molecule has 0 bridgehead atoms. The highest BCUT2D eigenvalue weighted by Gasteiger charge is 1.32. The third-order valence-corrected chi connectivity index (χ3v) is 0.192. The molecule has 2 N–H and O–H groups in total. The fourth-order valence-corrected chi connectivity index (χ4v) is 0. The van der Waals surface area contributed by atoms with E-state index >= 15 is 0 Å². The maximum Gasteiger partial charge on any atom is -0.0106 e. The lowest BCUT2D eigenvalue weighted by molar-refractivity contribution is 1.55. The molecule has 0 saturated heterocycles. The van der Waals surface area contributed by atoms with Crippen LogP contribution in [0, 0.1) is 0 Å². The Balaban J connectivity index is 2.55. The first-order valence-electron chi connectivity index (χ1n) is 1.24. The fraction of sp³-hybridized carbons (Fsp3) is 0.333. The van der Waals surface area contributed by atoms with Crippen LogP contribution in [0.15, 0.2) is 12.3 Å². The Labute approximate surface area is 26.1 Å². The van der Waals surface area contributed by atoms with E-state index in [0.29, 0.717) is 0 Å². The van der Waals surface area contributed by atoms with Crippen molar-refractivity contribution in [3.63, 3.8) is 0 Å². The summed E-state index contributed by atoms with van der Waals surface area (Å²) in [7, 11) is 0. The van der Waals surface area contributed by atoms with Crippen molar-refractivity contribution in [2.75, 3.05) is 0 Å². The molecule has 0 spiro atoms. The highest BCUT2D eigenvalue weighted by atomic mass is 14.5. The number of rotatable bonds is 0. The number of hydrogen-bond donors (Lipinski definition) is 1. The molecular weight excluding hydrogens is 50.0 g/mol. The molecule has 0 atom stereocenters. The highest BCUT2D eigenvalue weighted by Crippen LogP contribution is 1.47. The third-order valence-electron chi connectivity index (χ3n) is 0.192. The molecule has 4 heavy (non-hydrogen) atoms. The van der Waals surface area contributed by atoms with Crippen LogP contribution in [-0.4, -0.2) is 0 Å². The molecule has 0 aromatic heterocycles. The van der Waals surface area contributed by atoms with Gasteiger partial charge < -0.3 is 5.73 Å². The Hall–Kier alpha value is -0.460. The van der Waals surface area contributed by atoms with E-state index in [1.807, 2.05) is 6.92 Å². The topological polar surface area (TPSA) is 26.0 Å². The second-order valence-corrected chi connectivity index (χ2v) is 0.526. The monoisotopic (exact) mass is 57.1 g/mol. The Morgan fingerprint density at radius 1 is 1.75 bits per heavy atom. The van der Waals surface area contributed by atoms with Crippen molar-refractivity contribution < 1.29 is 0 Å². The van der Waals surface area contributed by atoms with E-state index in [-0.39, 0.29) is 0 Å². The van der Waals surface area contributed by atoms with Crippen LogP contribution < -0.4 is 5.73 Å². The molecule has 1 heteroatoms. The van der Waals surface area contributed by atoms with Gasteiger partial charge in [0.05, 0.1) is 0 Å². The zero-order chi connectivity index (χ0) is 3.41. The second kappa shape index (κ2) is 2.54. The van der Waals surface area contributed by atoms with E-state index < -0.39 is 0 Å². The standard InChI is InChI=1S/C3H7N/c1-2-3-4/h2-3H,4H2,1H3/b3-2-. The first kappa shape index (κ1) is 3.54. The van der Waals surface area contributed by atoms with Crippen LogP contribution in [-0.2, 0) is 0 Å². The molecule has 0 aromatic rings. The van der Waals surface area contributed by atoms with Crippen LogP contribution in [0.1, 0.15) is 6.92 Å². The van der Waals surface area contributed by atoms with E-state index in [1.165, 1.54) is 6.20 Å². The Kier molecular flexibility index (Phi) is 2.25. The average Bonchev–Trinajstić information content (AvgIpc) is 1.37. The first-order valence-corrected chi connectivity index (χ1v) is 1.24. The summed E-state index contributed by atoms with van der Waals surface area (Å²) in [5.41, 5.74) is 4.85. The summed E-state index contributed by atoms with van der Waals surface area (Å²) in [5, 5.41) is 0. The first-order chi connectivity index (χ1) is 1.91. The molecule has 1 nitrogen and oxygen atoms in total. The molecule has 0 rings (SSSR count). The predicted molar refractivity (Wildman–Crippen MR) is 19.0 cm³/mol. The van der Waals surface area contributed by atoms with E-state index in [4.69, 9.17) is 5.73 Å². The van der Waals surface area contributed by atoms with Gasteiger partial charge >= 0.3 is 0 Å². The summed E-state index contributed by atoms with van der Waals surface area (Å²) in [6.45, 7) is 1.88. The molecule has 0 fully saturated rings. The molecule has 0 aromatic carbocycles. The minimum Gasteiger partial charge on any atom is -0.405 e. The van der Waals surface area contributed by atoms with Gasteiger partial charge in [0.2, 0.25) is 0 Å². The Morgan fingerprint density at radius 2 is 2.00 bits per heavy atom. The molecule has 24 valence electrons. The summed E-state index contributed by atoms with van der Waals surface area (Å²) in [5.74, 6) is 0. The smallest absolute Gasteiger partial charge is 0.0106 e. The second-order valence-electron chi connectivity index (χ2n) is 0.526. The lowest BCUT2D eigenvalue weighted by Gasteiger charge is -1.53. The van der Waals surface area contributed by atoms with Gasteiger partial charge in [0.15, 0.2) is 0 Å². The summed E-state index contributed by atoms with van der Waals surface area (Å²) < 4.78 is 0. The van der Waals surface area contributed by atoms with E-state index in [2.05, 4.69) is 0 Å². The SMILES string of the molecule is C/C=C\N. The molecule has 0 unspecified atom stereocenters. The van der Waals surface area contributed by atoms with Crippen molar-refractivity contribution in [3.8, 4) is 0 Å². The third kappa shape index (κ3) is 1.54. The van der Waals surface area contributed by atoms with Crippen molar-refractivity contribution in [2.24, 2.45) is 5.73 Å². The lowest BCUT2D eigenvalue weighted by atomic mass is 10.7. The average molecular weight is 57.1 g/mol. The van der Waals surface area contributed by atoms with Crippen molar-refractivity contribution in [1.29, 1.82) is 0 Å². The van der Waals surface area contributed by atoms with Gasteiger partial charge in [-0.05, 0) is 13.1 Å². The molecule has 0 aliphatic rings. The maximum atomic E-state index is 4.85. The normalized spacial score (nSPS) is 9.25. The van der Waals surface area contributed by atoms with Crippen LogP contribution in [0.25, 0.3) is 0 Å². The Bertz CT molecular complexity index is 18.5. The van der Waals surface area contributed by atoms with Crippen molar-refractivity contribution in [1.82, 2.24) is 0 Å². The maximum absolute atomic E-state index is 4.85. The van der Waals surface area contributed by atoms with Gasteiger partial charge in [-0.3, -0.25) is 0 Å². The van der Waals surface area contributed by atoms with Crippen molar-refractivity contribution in [2.45, 2.75) is 6.92 Å². The Morgan fingerprint density at radius 3 is 2.00 bits per heavy atom. The van der Waals surface area contributed by atoms with Crippen LogP contribution >= 0.6 is 0 Å². The summed E-state index contributed by atoms with van der Waals surface area (Å²) in [6.07, 6.45) is 3.28. The summed E-state index contributed by atoms with van der Waals surface area (Å²) >= 11 is 0. The van der Waals surface area contributed by atoms with Crippen LogP contribution in [0.2, 0.25) is 0 Å². The number of hydrogen-bond acceptors (Lipinski definition) is 1. The summed E-state index contributed by atoms with van der Waals surface area (Å²) in [4.78, 5) is 0. The van der Waals surface area contributed by atoms with Gasteiger partial charge in [-0.25, -0.2) is 0 Å². The molecular formula is C3H7N. The lowest BCUT2D eigenvalue weighted by Crippen LogP contribution is -1.70. The van der Waals surface area contributed by atoms with E-state index in [1.54, 1.807) is 6.08 Å². The van der Waals surface area contributed by atoms with Crippen LogP contribution in [0.3, 0.4) is 0 Å². The van der Waals surface area contributed by atoms with Crippen molar-refractivity contribution in [3.05, 3.63) is 12.3 Å². The minimum absolute atomic E-state index is 1.50. The quantitative estimate of drug-likeness (QED) is 0.430. The van der Waals surface area contributed by atoms with Gasteiger partial charge in [-0.2, -0.15) is 0 Å². The van der Waals surface area contributed by atoms with Gasteiger partial charge in [-0.1, -0.05) is 6.08 Å². The molecule has 0 heterocycles. The molecule has 0 aliphatic heterocycles. The summed E-state index contributed by atoms with van der Waals surface area (Å²) in [6, 6.07) is 0. The van der Waals surface area contributed by atoms with Crippen LogP contribution in [0.5, 0.6) is 0 Å². The molecule has 0 radical (unpaired) electrons. The minimum atomic E-state index is 1.50. The highest BCUT2D eigenvalue weighted by molar-refractivity contribution is 4.66. The molecule has 0 aliphatic carbocycles. The fourth-order valence-electron chi connectivity index (χ4n) is 0. The largest absolute Gasteiger partial charge is 0.405 e. The van der Waals surface area contributed by atoms with Gasteiger partial charge in [-0.15, -0.1) is 0 Å². The zero-order valence-electron chi connectivity index (χ0n) is 2.73. The zero-order valence-corrected chi connectivity index (χ0v) is 2.73. The van der Waals surface area contributed by atoms with Gasteiger partial charge in [0.1, 0.15) is 0 Å². The number of allylic oxidation sites excluding steroid dienone is 1. The van der Waals surface area contributed by atoms with Crippen molar-refractivity contribution >= 4 is 0 Å². The van der Waals surface area contributed by atoms with E-state index in [9.17, 15) is 0 Å².